The monoisotopic (exact) mass is 305 g/mol. The van der Waals surface area contributed by atoms with Crippen LogP contribution in [0, 0.1) is 6.92 Å². The molecule has 1 heterocycles. The number of nitrogens with one attached hydrogen (secondary N) is 1. The lowest BCUT2D eigenvalue weighted by molar-refractivity contribution is 0.282. The van der Waals surface area contributed by atoms with E-state index in [0.717, 1.165) is 42.2 Å². The van der Waals surface area contributed by atoms with Crippen LogP contribution in [-0.4, -0.2) is 21.6 Å². The normalized spacial score (nSPS) is 10.7. The highest BCUT2D eigenvalue weighted by Gasteiger charge is 2.08. The first-order chi connectivity index (χ1) is 10.1. The number of hydrogen-bond acceptors (Lipinski definition) is 4. The minimum atomic E-state index is 0.0803. The van der Waals surface area contributed by atoms with Crippen molar-refractivity contribution in [2.45, 2.75) is 33.3 Å². The number of aliphatic hydroxyl groups excluding tert-OH is 1. The molecule has 21 heavy (non-hydrogen) atoms. The molecule has 0 aliphatic carbocycles. The maximum absolute atomic E-state index is 9.02. The molecule has 1 aromatic carbocycles. The van der Waals surface area contributed by atoms with Gasteiger partial charge in [0.1, 0.15) is 16.8 Å². The van der Waals surface area contributed by atoms with Gasteiger partial charge in [0.15, 0.2) is 0 Å². The molecule has 0 spiro atoms. The lowest BCUT2D eigenvalue weighted by Gasteiger charge is -2.11. The Morgan fingerprint density at radius 1 is 1.14 bits per heavy atom. The molecule has 0 atom stereocenters. The van der Waals surface area contributed by atoms with Crippen LogP contribution < -0.4 is 5.32 Å². The largest absolute Gasteiger partial charge is 0.392 e. The summed E-state index contributed by atoms with van der Waals surface area (Å²) in [5.74, 6) is 1.55. The maximum Gasteiger partial charge on any atom is 0.137 e. The van der Waals surface area contributed by atoms with E-state index in [2.05, 4.69) is 15.3 Å². The second-order valence-corrected chi connectivity index (χ2v) is 5.27. The van der Waals surface area contributed by atoms with E-state index < -0.39 is 0 Å². The zero-order chi connectivity index (χ0) is 15.2. The fourth-order valence-corrected chi connectivity index (χ4v) is 2.19. The average molecular weight is 306 g/mol. The number of rotatable bonds is 6. The Balaban J connectivity index is 1.98. The molecule has 112 valence electrons. The van der Waals surface area contributed by atoms with Gasteiger partial charge in [-0.25, -0.2) is 9.97 Å². The Morgan fingerprint density at radius 2 is 1.81 bits per heavy atom. The molecule has 4 nitrogen and oxygen atoms in total. The standard InChI is InChI=1S/C16H20ClN3O/c1-3-14-19-15(17)11(2)16(20-14)18-9-8-12-4-6-13(10-21)7-5-12/h4-7,21H,3,8-10H2,1-2H3,(H,18,19,20). The minimum Gasteiger partial charge on any atom is -0.392 e. The van der Waals surface area contributed by atoms with Crippen molar-refractivity contribution in [3.63, 3.8) is 0 Å². The zero-order valence-corrected chi connectivity index (χ0v) is 13.1. The van der Waals surface area contributed by atoms with Gasteiger partial charge in [-0.3, -0.25) is 0 Å². The lowest BCUT2D eigenvalue weighted by atomic mass is 10.1. The fraction of sp³-hybridized carbons (Fsp3) is 0.375. The summed E-state index contributed by atoms with van der Waals surface area (Å²) in [6, 6.07) is 7.95. The van der Waals surface area contributed by atoms with Gasteiger partial charge in [0.2, 0.25) is 0 Å². The van der Waals surface area contributed by atoms with Crippen LogP contribution in [0.1, 0.15) is 29.4 Å². The SMILES string of the molecule is CCc1nc(Cl)c(C)c(NCCc2ccc(CO)cc2)n1. The summed E-state index contributed by atoms with van der Waals surface area (Å²) < 4.78 is 0. The highest BCUT2D eigenvalue weighted by atomic mass is 35.5. The molecule has 0 amide bonds. The van der Waals surface area contributed by atoms with Crippen LogP contribution in [0.15, 0.2) is 24.3 Å². The van der Waals surface area contributed by atoms with E-state index in [1.54, 1.807) is 0 Å². The predicted octanol–water partition coefficient (Wildman–Crippen LogP) is 3.15. The van der Waals surface area contributed by atoms with Crippen molar-refractivity contribution in [2.75, 3.05) is 11.9 Å². The number of halogens is 1. The molecule has 2 aromatic rings. The molecule has 0 aliphatic heterocycles. The molecule has 2 rings (SSSR count). The third kappa shape index (κ3) is 4.16. The molecule has 0 bridgehead atoms. The van der Waals surface area contributed by atoms with Crippen LogP contribution in [0.5, 0.6) is 0 Å². The first-order valence-corrected chi connectivity index (χ1v) is 7.47. The Kier molecular flexibility index (Phi) is 5.53. The van der Waals surface area contributed by atoms with Crippen molar-refractivity contribution < 1.29 is 5.11 Å². The van der Waals surface area contributed by atoms with Crippen LogP contribution in [0.2, 0.25) is 5.15 Å². The van der Waals surface area contributed by atoms with Gasteiger partial charge in [-0.2, -0.15) is 0 Å². The number of aryl methyl sites for hydroxylation is 1. The Bertz CT molecular complexity index is 599. The summed E-state index contributed by atoms with van der Waals surface area (Å²) in [5, 5.41) is 12.9. The Hall–Kier alpha value is -1.65. The topological polar surface area (TPSA) is 58.0 Å². The van der Waals surface area contributed by atoms with Gasteiger partial charge < -0.3 is 10.4 Å². The summed E-state index contributed by atoms with van der Waals surface area (Å²) in [6.45, 7) is 4.78. The predicted molar refractivity (Wildman–Crippen MR) is 85.7 cm³/mol. The molecule has 2 N–H and O–H groups in total. The number of hydrogen-bond donors (Lipinski definition) is 2. The molecule has 0 saturated heterocycles. The van der Waals surface area contributed by atoms with E-state index in [4.69, 9.17) is 16.7 Å². The number of benzene rings is 1. The Morgan fingerprint density at radius 3 is 2.43 bits per heavy atom. The van der Waals surface area contributed by atoms with E-state index >= 15 is 0 Å². The molecule has 0 unspecified atom stereocenters. The summed E-state index contributed by atoms with van der Waals surface area (Å²) in [5.41, 5.74) is 3.02. The summed E-state index contributed by atoms with van der Waals surface area (Å²) >= 11 is 6.11. The molecular formula is C16H20ClN3O. The average Bonchev–Trinajstić information content (AvgIpc) is 2.51. The van der Waals surface area contributed by atoms with Gasteiger partial charge in [-0.05, 0) is 24.5 Å². The van der Waals surface area contributed by atoms with Gasteiger partial charge in [0, 0.05) is 18.5 Å². The highest BCUT2D eigenvalue weighted by Crippen LogP contribution is 2.20. The van der Waals surface area contributed by atoms with E-state index in [-0.39, 0.29) is 6.61 Å². The van der Waals surface area contributed by atoms with Gasteiger partial charge in [0.25, 0.3) is 0 Å². The van der Waals surface area contributed by atoms with Crippen molar-refractivity contribution in [3.05, 3.63) is 51.9 Å². The van der Waals surface area contributed by atoms with Crippen LogP contribution in [0.3, 0.4) is 0 Å². The van der Waals surface area contributed by atoms with Gasteiger partial charge in [-0.15, -0.1) is 0 Å². The smallest absolute Gasteiger partial charge is 0.137 e. The number of aromatic nitrogens is 2. The zero-order valence-electron chi connectivity index (χ0n) is 12.4. The third-order valence-corrected chi connectivity index (χ3v) is 3.73. The molecule has 0 fully saturated rings. The van der Waals surface area contributed by atoms with Crippen molar-refractivity contribution in [1.29, 1.82) is 0 Å². The highest BCUT2D eigenvalue weighted by molar-refractivity contribution is 6.30. The van der Waals surface area contributed by atoms with E-state index in [1.165, 1.54) is 5.56 Å². The summed E-state index contributed by atoms with van der Waals surface area (Å²) in [4.78, 5) is 8.70. The van der Waals surface area contributed by atoms with E-state index in [9.17, 15) is 0 Å². The number of nitrogens with zero attached hydrogens (tertiary/aromatic N) is 2. The lowest BCUT2D eigenvalue weighted by Crippen LogP contribution is -2.10. The second-order valence-electron chi connectivity index (χ2n) is 4.91. The van der Waals surface area contributed by atoms with Crippen LogP contribution in [0.25, 0.3) is 0 Å². The minimum absolute atomic E-state index is 0.0803. The Labute approximate surface area is 130 Å². The second kappa shape index (κ2) is 7.38. The van der Waals surface area contributed by atoms with Crippen LogP contribution in [-0.2, 0) is 19.4 Å². The van der Waals surface area contributed by atoms with Crippen molar-refractivity contribution in [1.82, 2.24) is 9.97 Å². The van der Waals surface area contributed by atoms with Gasteiger partial charge >= 0.3 is 0 Å². The maximum atomic E-state index is 9.02. The number of aliphatic hydroxyl groups is 1. The van der Waals surface area contributed by atoms with Crippen LogP contribution in [0.4, 0.5) is 5.82 Å². The summed E-state index contributed by atoms with van der Waals surface area (Å²) in [7, 11) is 0. The quantitative estimate of drug-likeness (QED) is 0.805. The van der Waals surface area contributed by atoms with Crippen LogP contribution >= 0.6 is 11.6 Å². The molecule has 1 aromatic heterocycles. The van der Waals surface area contributed by atoms with Crippen molar-refractivity contribution in [3.8, 4) is 0 Å². The fourth-order valence-electron chi connectivity index (χ4n) is 2.00. The molecule has 5 heteroatoms. The molecular weight excluding hydrogens is 286 g/mol. The summed E-state index contributed by atoms with van der Waals surface area (Å²) in [6.07, 6.45) is 1.64. The van der Waals surface area contributed by atoms with Gasteiger partial charge in [-0.1, -0.05) is 42.8 Å². The third-order valence-electron chi connectivity index (χ3n) is 3.36. The number of anilines is 1. The molecule has 0 radical (unpaired) electrons. The molecule has 0 saturated carbocycles. The van der Waals surface area contributed by atoms with E-state index in [0.29, 0.717) is 5.15 Å². The first-order valence-electron chi connectivity index (χ1n) is 7.09. The van der Waals surface area contributed by atoms with E-state index in [1.807, 2.05) is 38.1 Å². The van der Waals surface area contributed by atoms with Crippen molar-refractivity contribution in [2.24, 2.45) is 0 Å². The van der Waals surface area contributed by atoms with Crippen molar-refractivity contribution >= 4 is 17.4 Å². The first kappa shape index (κ1) is 15.7. The van der Waals surface area contributed by atoms with Gasteiger partial charge in [0.05, 0.1) is 6.61 Å². The molecule has 0 aliphatic rings.